The Balaban J connectivity index is 2.32. The van der Waals surface area contributed by atoms with Crippen LogP contribution in [0.5, 0.6) is 0 Å². The number of likely N-dealkylation sites (tertiary alicyclic amines) is 1. The van der Waals surface area contributed by atoms with Crippen LogP contribution in [0.1, 0.15) is 72.6 Å². The lowest BCUT2D eigenvalue weighted by atomic mass is 9.89. The molecule has 1 N–H and O–H groups in total. The Morgan fingerprint density at radius 3 is 2.26 bits per heavy atom. The predicted octanol–water partition coefficient (Wildman–Crippen LogP) is 4.06. The molecule has 0 aromatic heterocycles. The van der Waals surface area contributed by atoms with Gasteiger partial charge in [-0.1, -0.05) is 40.0 Å². The third-order valence-corrected chi connectivity index (χ3v) is 4.83. The Kier molecular flexibility index (Phi) is 8.72. The molecule has 1 aliphatic rings. The van der Waals surface area contributed by atoms with Gasteiger partial charge < -0.3 is 10.2 Å². The van der Waals surface area contributed by atoms with E-state index in [-0.39, 0.29) is 0 Å². The summed E-state index contributed by atoms with van der Waals surface area (Å²) in [5.41, 5.74) is 0. The fraction of sp³-hybridized carbons (Fsp3) is 1.00. The van der Waals surface area contributed by atoms with Crippen molar-refractivity contribution in [3.05, 3.63) is 0 Å². The maximum atomic E-state index is 3.94. The lowest BCUT2D eigenvalue weighted by Crippen LogP contribution is -2.45. The summed E-state index contributed by atoms with van der Waals surface area (Å²) in [4.78, 5) is 2.59. The average molecular weight is 268 g/mol. The van der Waals surface area contributed by atoms with E-state index in [2.05, 4.69) is 37.9 Å². The molecule has 1 rings (SSSR count). The molecule has 1 heterocycles. The smallest absolute Gasteiger partial charge is 0.00705 e. The van der Waals surface area contributed by atoms with Crippen molar-refractivity contribution < 1.29 is 0 Å². The van der Waals surface area contributed by atoms with Gasteiger partial charge >= 0.3 is 0 Å². The zero-order valence-corrected chi connectivity index (χ0v) is 13.8. The lowest BCUT2D eigenvalue weighted by Gasteiger charge is -2.36. The highest BCUT2D eigenvalue weighted by Gasteiger charge is 2.24. The Morgan fingerprint density at radius 2 is 1.74 bits per heavy atom. The summed E-state index contributed by atoms with van der Waals surface area (Å²) < 4.78 is 0. The van der Waals surface area contributed by atoms with Gasteiger partial charge in [0.2, 0.25) is 0 Å². The summed E-state index contributed by atoms with van der Waals surface area (Å²) in [7, 11) is 0. The minimum absolute atomic E-state index is 0.701. The van der Waals surface area contributed by atoms with Gasteiger partial charge in [-0.2, -0.15) is 0 Å². The minimum Gasteiger partial charge on any atom is -0.311 e. The van der Waals surface area contributed by atoms with Crippen LogP contribution in [0.4, 0.5) is 0 Å². The molecule has 1 saturated heterocycles. The molecule has 0 aromatic carbocycles. The van der Waals surface area contributed by atoms with Crippen LogP contribution in [0.15, 0.2) is 0 Å². The molecule has 2 unspecified atom stereocenters. The van der Waals surface area contributed by atoms with Gasteiger partial charge in [-0.3, -0.25) is 0 Å². The summed E-state index contributed by atoms with van der Waals surface area (Å²) >= 11 is 0. The van der Waals surface area contributed by atoms with Crippen molar-refractivity contribution in [2.24, 2.45) is 5.92 Å². The van der Waals surface area contributed by atoms with E-state index in [1.165, 1.54) is 64.6 Å². The maximum Gasteiger partial charge on any atom is 0.00705 e. The van der Waals surface area contributed by atoms with Gasteiger partial charge in [-0.05, 0) is 58.2 Å². The second kappa shape index (κ2) is 9.77. The van der Waals surface area contributed by atoms with Crippen molar-refractivity contribution in [1.29, 1.82) is 0 Å². The molecule has 114 valence electrons. The number of hydrogen-bond donors (Lipinski definition) is 1. The molecular formula is C17H36N2. The van der Waals surface area contributed by atoms with Gasteiger partial charge in [-0.15, -0.1) is 0 Å². The second-order valence-corrected chi connectivity index (χ2v) is 6.35. The molecular weight excluding hydrogens is 232 g/mol. The van der Waals surface area contributed by atoms with Crippen molar-refractivity contribution in [3.8, 4) is 0 Å². The largest absolute Gasteiger partial charge is 0.311 e. The third kappa shape index (κ3) is 6.27. The van der Waals surface area contributed by atoms with E-state index >= 15 is 0 Å². The number of nitrogens with zero attached hydrogens (tertiary/aromatic N) is 1. The van der Waals surface area contributed by atoms with Crippen LogP contribution < -0.4 is 5.32 Å². The first kappa shape index (κ1) is 17.0. The molecule has 1 fully saturated rings. The van der Waals surface area contributed by atoms with Crippen molar-refractivity contribution in [1.82, 2.24) is 10.2 Å². The number of rotatable bonds is 9. The van der Waals surface area contributed by atoms with Crippen LogP contribution in [-0.4, -0.2) is 36.6 Å². The second-order valence-electron chi connectivity index (χ2n) is 6.35. The van der Waals surface area contributed by atoms with Crippen LogP contribution in [0.25, 0.3) is 0 Å². The van der Waals surface area contributed by atoms with Gasteiger partial charge in [0.25, 0.3) is 0 Å². The fourth-order valence-electron chi connectivity index (χ4n) is 3.39. The van der Waals surface area contributed by atoms with Crippen molar-refractivity contribution in [2.45, 2.75) is 84.7 Å². The van der Waals surface area contributed by atoms with Gasteiger partial charge in [0.1, 0.15) is 0 Å². The quantitative estimate of drug-likeness (QED) is 0.678. The Morgan fingerprint density at radius 1 is 1.05 bits per heavy atom. The Hall–Kier alpha value is -0.0800. The van der Waals surface area contributed by atoms with Crippen LogP contribution in [0.2, 0.25) is 0 Å². The first-order valence-corrected chi connectivity index (χ1v) is 8.69. The average Bonchev–Trinajstić information content (AvgIpc) is 2.45. The highest BCUT2D eigenvalue weighted by atomic mass is 15.1. The molecule has 0 saturated carbocycles. The van der Waals surface area contributed by atoms with Crippen molar-refractivity contribution in [2.75, 3.05) is 19.6 Å². The molecule has 19 heavy (non-hydrogen) atoms. The topological polar surface area (TPSA) is 15.3 Å². The molecule has 0 aliphatic carbocycles. The van der Waals surface area contributed by atoms with E-state index in [4.69, 9.17) is 0 Å². The standard InChI is InChI=1S/C17H36N2/c1-5-8-10-17(9-6-2)18-15(4)16-11-13-19(7-3)14-12-16/h15-18H,5-14H2,1-4H3. The van der Waals surface area contributed by atoms with Gasteiger partial charge in [0.05, 0.1) is 0 Å². The van der Waals surface area contributed by atoms with E-state index in [0.29, 0.717) is 6.04 Å². The zero-order valence-electron chi connectivity index (χ0n) is 13.8. The van der Waals surface area contributed by atoms with Crippen molar-refractivity contribution >= 4 is 0 Å². The summed E-state index contributed by atoms with van der Waals surface area (Å²) in [5, 5.41) is 3.94. The maximum absolute atomic E-state index is 3.94. The number of unbranched alkanes of at least 4 members (excludes halogenated alkanes) is 1. The van der Waals surface area contributed by atoms with E-state index in [0.717, 1.165) is 12.0 Å². The predicted molar refractivity (Wildman–Crippen MR) is 85.7 cm³/mol. The van der Waals surface area contributed by atoms with Gasteiger partial charge in [0, 0.05) is 12.1 Å². The number of nitrogens with one attached hydrogen (secondary N) is 1. The highest BCUT2D eigenvalue weighted by molar-refractivity contribution is 4.81. The molecule has 2 nitrogen and oxygen atoms in total. The molecule has 1 aliphatic heterocycles. The molecule has 2 heteroatoms. The summed E-state index contributed by atoms with van der Waals surface area (Å²) in [5.74, 6) is 0.892. The Labute approximate surface area is 121 Å². The normalized spacial score (nSPS) is 21.5. The number of piperidine rings is 1. The highest BCUT2D eigenvalue weighted by Crippen LogP contribution is 2.21. The van der Waals surface area contributed by atoms with E-state index in [1.54, 1.807) is 0 Å². The van der Waals surface area contributed by atoms with Crippen LogP contribution in [-0.2, 0) is 0 Å². The van der Waals surface area contributed by atoms with E-state index < -0.39 is 0 Å². The van der Waals surface area contributed by atoms with E-state index in [9.17, 15) is 0 Å². The van der Waals surface area contributed by atoms with Crippen molar-refractivity contribution in [3.63, 3.8) is 0 Å². The molecule has 2 atom stereocenters. The van der Waals surface area contributed by atoms with Gasteiger partial charge in [0.15, 0.2) is 0 Å². The minimum atomic E-state index is 0.701. The Bertz CT molecular complexity index is 209. The number of hydrogen-bond acceptors (Lipinski definition) is 2. The van der Waals surface area contributed by atoms with Crippen LogP contribution >= 0.6 is 0 Å². The van der Waals surface area contributed by atoms with Gasteiger partial charge in [-0.25, -0.2) is 0 Å². The third-order valence-electron chi connectivity index (χ3n) is 4.83. The van der Waals surface area contributed by atoms with E-state index in [1.807, 2.05) is 0 Å². The zero-order chi connectivity index (χ0) is 14.1. The summed E-state index contributed by atoms with van der Waals surface area (Å²) in [6.07, 6.45) is 9.48. The lowest BCUT2D eigenvalue weighted by molar-refractivity contribution is 0.162. The summed E-state index contributed by atoms with van der Waals surface area (Å²) in [6.45, 7) is 13.1. The fourth-order valence-corrected chi connectivity index (χ4v) is 3.39. The first-order valence-electron chi connectivity index (χ1n) is 8.69. The molecule has 0 aromatic rings. The molecule has 0 radical (unpaired) electrons. The molecule has 0 spiro atoms. The molecule has 0 amide bonds. The first-order chi connectivity index (χ1) is 9.21. The summed E-state index contributed by atoms with van der Waals surface area (Å²) in [6, 6.07) is 1.46. The SMILES string of the molecule is CCCCC(CCC)NC(C)C1CCN(CC)CC1. The van der Waals surface area contributed by atoms with Crippen LogP contribution in [0, 0.1) is 5.92 Å². The molecule has 0 bridgehead atoms. The van der Waals surface area contributed by atoms with Crippen LogP contribution in [0.3, 0.4) is 0 Å². The monoisotopic (exact) mass is 268 g/mol.